The number of carbonyl (C=O) groups is 1. The third kappa shape index (κ3) is 7.95. The number of hydrogen-bond acceptors (Lipinski definition) is 3. The maximum atomic E-state index is 11.4. The fourth-order valence-electron chi connectivity index (χ4n) is 0.931. The third-order valence-corrected chi connectivity index (χ3v) is 2.05. The van der Waals surface area contributed by atoms with Gasteiger partial charge in [-0.15, -0.1) is 0 Å². The molecule has 0 fully saturated rings. The van der Waals surface area contributed by atoms with Crippen LogP contribution in [0.25, 0.3) is 0 Å². The van der Waals surface area contributed by atoms with Crippen LogP contribution in [0.4, 0.5) is 0 Å². The summed E-state index contributed by atoms with van der Waals surface area (Å²) in [6.07, 6.45) is 1.34. The SMILES string of the molecule is CC(C)CCOCC(=O)N(C)CCC#N. The standard InChI is InChI=1S/C11H20N2O2/c1-10(2)5-8-15-9-11(14)13(3)7-4-6-12/h10H,4-5,7-9H2,1-3H3. The summed E-state index contributed by atoms with van der Waals surface area (Å²) in [5.41, 5.74) is 0. The summed E-state index contributed by atoms with van der Waals surface area (Å²) in [5.74, 6) is 0.533. The summed E-state index contributed by atoms with van der Waals surface area (Å²) in [6, 6.07) is 2.00. The second-order valence-electron chi connectivity index (χ2n) is 3.96. The first-order chi connectivity index (χ1) is 7.07. The Morgan fingerprint density at radius 3 is 2.73 bits per heavy atom. The lowest BCUT2D eigenvalue weighted by molar-refractivity contribution is -0.134. The van der Waals surface area contributed by atoms with Crippen molar-refractivity contribution in [2.24, 2.45) is 5.92 Å². The number of nitriles is 1. The summed E-state index contributed by atoms with van der Waals surface area (Å²) < 4.78 is 5.23. The molecule has 0 unspecified atom stereocenters. The molecule has 4 heteroatoms. The maximum Gasteiger partial charge on any atom is 0.248 e. The largest absolute Gasteiger partial charge is 0.372 e. The van der Waals surface area contributed by atoms with Crippen LogP contribution in [0.5, 0.6) is 0 Å². The predicted molar refractivity (Wildman–Crippen MR) is 58.1 cm³/mol. The third-order valence-electron chi connectivity index (χ3n) is 2.05. The van der Waals surface area contributed by atoms with Crippen molar-refractivity contribution in [1.82, 2.24) is 4.90 Å². The summed E-state index contributed by atoms with van der Waals surface area (Å²) in [4.78, 5) is 12.9. The Bertz CT molecular complexity index is 221. The molecule has 0 aliphatic carbocycles. The molecule has 0 spiro atoms. The summed E-state index contributed by atoms with van der Waals surface area (Å²) in [7, 11) is 1.69. The van der Waals surface area contributed by atoms with Gasteiger partial charge in [-0.05, 0) is 12.3 Å². The highest BCUT2D eigenvalue weighted by atomic mass is 16.5. The van der Waals surface area contributed by atoms with Crippen molar-refractivity contribution in [1.29, 1.82) is 5.26 Å². The van der Waals surface area contributed by atoms with E-state index in [1.165, 1.54) is 4.90 Å². The van der Waals surface area contributed by atoms with Gasteiger partial charge >= 0.3 is 0 Å². The molecule has 1 amide bonds. The molecule has 86 valence electrons. The Kier molecular flexibility index (Phi) is 7.65. The van der Waals surface area contributed by atoms with Crippen LogP contribution in [-0.2, 0) is 9.53 Å². The van der Waals surface area contributed by atoms with Crippen LogP contribution in [0.2, 0.25) is 0 Å². The van der Waals surface area contributed by atoms with Crippen molar-refractivity contribution in [2.45, 2.75) is 26.7 Å². The smallest absolute Gasteiger partial charge is 0.248 e. The van der Waals surface area contributed by atoms with Crippen LogP contribution >= 0.6 is 0 Å². The number of amides is 1. The number of nitrogens with zero attached hydrogens (tertiary/aromatic N) is 2. The molecule has 0 radical (unpaired) electrons. The zero-order valence-corrected chi connectivity index (χ0v) is 9.82. The molecule has 0 bridgehead atoms. The van der Waals surface area contributed by atoms with Gasteiger partial charge < -0.3 is 9.64 Å². The van der Waals surface area contributed by atoms with E-state index in [4.69, 9.17) is 10.00 Å². The maximum absolute atomic E-state index is 11.4. The predicted octanol–water partition coefficient (Wildman–Crippen LogP) is 1.42. The fraction of sp³-hybridized carbons (Fsp3) is 0.818. The second-order valence-corrected chi connectivity index (χ2v) is 3.96. The van der Waals surface area contributed by atoms with Crippen LogP contribution in [0.15, 0.2) is 0 Å². The number of rotatable bonds is 7. The monoisotopic (exact) mass is 212 g/mol. The van der Waals surface area contributed by atoms with Crippen molar-refractivity contribution in [3.8, 4) is 6.07 Å². The molecular formula is C11H20N2O2. The number of hydrogen-bond donors (Lipinski definition) is 0. The zero-order chi connectivity index (χ0) is 11.7. The molecule has 0 aliphatic rings. The Hall–Kier alpha value is -1.08. The number of carbonyl (C=O) groups excluding carboxylic acids is 1. The molecule has 0 saturated heterocycles. The molecule has 0 aromatic heterocycles. The first-order valence-electron chi connectivity index (χ1n) is 5.26. The van der Waals surface area contributed by atoms with E-state index in [9.17, 15) is 4.79 Å². The van der Waals surface area contributed by atoms with Gasteiger partial charge in [-0.3, -0.25) is 4.79 Å². The van der Waals surface area contributed by atoms with E-state index >= 15 is 0 Å². The molecule has 4 nitrogen and oxygen atoms in total. The normalized spacial score (nSPS) is 10.1. The van der Waals surface area contributed by atoms with Gasteiger partial charge in [-0.1, -0.05) is 13.8 Å². The van der Waals surface area contributed by atoms with E-state index in [0.29, 0.717) is 25.5 Å². The molecule has 0 N–H and O–H groups in total. The Labute approximate surface area is 91.8 Å². The lowest BCUT2D eigenvalue weighted by atomic mass is 10.1. The fourth-order valence-corrected chi connectivity index (χ4v) is 0.931. The average molecular weight is 212 g/mol. The summed E-state index contributed by atoms with van der Waals surface area (Å²) >= 11 is 0. The molecule has 0 aliphatic heterocycles. The van der Waals surface area contributed by atoms with Gasteiger partial charge in [0.15, 0.2) is 0 Å². The quantitative estimate of drug-likeness (QED) is 0.600. The van der Waals surface area contributed by atoms with Crippen molar-refractivity contribution in [3.05, 3.63) is 0 Å². The van der Waals surface area contributed by atoms with Crippen molar-refractivity contribution in [2.75, 3.05) is 26.8 Å². The molecule has 0 rings (SSSR count). The van der Waals surface area contributed by atoms with Gasteiger partial charge in [-0.25, -0.2) is 0 Å². The molecule has 0 aromatic rings. The van der Waals surface area contributed by atoms with Gasteiger partial charge in [0.05, 0.1) is 12.5 Å². The minimum Gasteiger partial charge on any atom is -0.372 e. The van der Waals surface area contributed by atoms with E-state index in [1.54, 1.807) is 7.05 Å². The highest BCUT2D eigenvalue weighted by Crippen LogP contribution is 1.99. The number of likely N-dealkylation sites (N-methyl/N-ethyl adjacent to an activating group) is 1. The van der Waals surface area contributed by atoms with Crippen molar-refractivity contribution in [3.63, 3.8) is 0 Å². The molecule has 0 atom stereocenters. The highest BCUT2D eigenvalue weighted by Gasteiger charge is 2.07. The van der Waals surface area contributed by atoms with E-state index in [1.807, 2.05) is 6.07 Å². The molecular weight excluding hydrogens is 192 g/mol. The Balaban J connectivity index is 3.52. The molecule has 0 heterocycles. The second kappa shape index (κ2) is 8.25. The van der Waals surface area contributed by atoms with E-state index in [0.717, 1.165) is 6.42 Å². The average Bonchev–Trinajstić information content (AvgIpc) is 2.20. The van der Waals surface area contributed by atoms with Gasteiger partial charge in [0.2, 0.25) is 5.91 Å². The highest BCUT2D eigenvalue weighted by molar-refractivity contribution is 5.77. The van der Waals surface area contributed by atoms with Gasteiger partial charge in [-0.2, -0.15) is 5.26 Å². The minimum atomic E-state index is -0.0611. The van der Waals surface area contributed by atoms with E-state index < -0.39 is 0 Å². The van der Waals surface area contributed by atoms with Crippen LogP contribution in [0.3, 0.4) is 0 Å². The summed E-state index contributed by atoms with van der Waals surface area (Å²) in [6.45, 7) is 5.45. The van der Waals surface area contributed by atoms with Crippen LogP contribution in [0, 0.1) is 17.2 Å². The van der Waals surface area contributed by atoms with E-state index in [-0.39, 0.29) is 12.5 Å². The van der Waals surface area contributed by atoms with Gasteiger partial charge in [0, 0.05) is 20.2 Å². The zero-order valence-electron chi connectivity index (χ0n) is 9.82. The lowest BCUT2D eigenvalue weighted by Gasteiger charge is -2.15. The number of ether oxygens (including phenoxy) is 1. The van der Waals surface area contributed by atoms with Crippen LogP contribution in [-0.4, -0.2) is 37.6 Å². The Morgan fingerprint density at radius 1 is 1.53 bits per heavy atom. The van der Waals surface area contributed by atoms with Crippen molar-refractivity contribution >= 4 is 5.91 Å². The Morgan fingerprint density at radius 2 is 2.20 bits per heavy atom. The lowest BCUT2D eigenvalue weighted by Crippen LogP contribution is -2.31. The first kappa shape index (κ1) is 13.9. The first-order valence-corrected chi connectivity index (χ1v) is 5.26. The van der Waals surface area contributed by atoms with E-state index in [2.05, 4.69) is 13.8 Å². The summed E-state index contributed by atoms with van der Waals surface area (Å²) in [5, 5.41) is 8.35. The topological polar surface area (TPSA) is 53.3 Å². The van der Waals surface area contributed by atoms with Crippen LogP contribution in [0.1, 0.15) is 26.7 Å². The van der Waals surface area contributed by atoms with Crippen molar-refractivity contribution < 1.29 is 9.53 Å². The minimum absolute atomic E-state index is 0.0611. The van der Waals surface area contributed by atoms with Gasteiger partial charge in [0.25, 0.3) is 0 Å². The molecule has 0 aromatic carbocycles. The molecule has 15 heavy (non-hydrogen) atoms. The molecule has 0 saturated carbocycles. The van der Waals surface area contributed by atoms with Crippen LogP contribution < -0.4 is 0 Å². The van der Waals surface area contributed by atoms with Gasteiger partial charge in [0.1, 0.15) is 6.61 Å².